The van der Waals surface area contributed by atoms with Crippen LogP contribution in [0.5, 0.6) is 5.88 Å². The number of carboxylic acids is 1. The van der Waals surface area contributed by atoms with Gasteiger partial charge in [0.05, 0.1) is 11.5 Å². The van der Waals surface area contributed by atoms with E-state index < -0.39 is 23.5 Å². The van der Waals surface area contributed by atoms with Gasteiger partial charge in [-0.2, -0.15) is 13.2 Å². The molecular weight excluding hydrogens is 544 g/mol. The fourth-order valence-electron chi connectivity index (χ4n) is 6.34. The number of ether oxygens (including phenoxy) is 1. The Labute approximate surface area is 233 Å². The number of benzene rings is 2. The molecule has 1 saturated carbocycles. The summed E-state index contributed by atoms with van der Waals surface area (Å²) in [5.74, 6) is -1.56. The molecule has 10 heteroatoms. The summed E-state index contributed by atoms with van der Waals surface area (Å²) in [5.41, 5.74) is 2.17. The van der Waals surface area contributed by atoms with Crippen LogP contribution in [-0.2, 0) is 24.0 Å². The fourth-order valence-corrected chi connectivity index (χ4v) is 6.92. The number of hydrogen-bond acceptors (Lipinski definition) is 5. The number of aliphatic carboxylic acids is 1. The lowest BCUT2D eigenvalue weighted by atomic mass is 9.88. The topological polar surface area (TPSA) is 62.7 Å². The van der Waals surface area contributed by atoms with Crippen LogP contribution in [0.2, 0.25) is 0 Å². The Kier molecular flexibility index (Phi) is 7.02. The Balaban J connectivity index is 1.21. The van der Waals surface area contributed by atoms with Crippen molar-refractivity contribution in [3.05, 3.63) is 82.3 Å². The molecule has 1 N–H and O–H groups in total. The van der Waals surface area contributed by atoms with Crippen LogP contribution >= 0.6 is 11.9 Å². The van der Waals surface area contributed by atoms with Crippen molar-refractivity contribution in [3.63, 3.8) is 0 Å². The highest BCUT2D eigenvalue weighted by molar-refractivity contribution is 7.96. The lowest BCUT2D eigenvalue weighted by Gasteiger charge is -2.30. The molecule has 2 heterocycles. The molecule has 3 atom stereocenters. The second-order valence-corrected chi connectivity index (χ2v) is 11.6. The number of carboxylic acid groups (broad SMARTS) is 1. The van der Waals surface area contributed by atoms with E-state index in [-0.39, 0.29) is 41.4 Å². The summed E-state index contributed by atoms with van der Waals surface area (Å²) in [6.45, 7) is 1.64. The molecule has 0 radical (unpaired) electrons. The molecule has 0 spiro atoms. The van der Waals surface area contributed by atoms with E-state index in [2.05, 4.69) is 15.5 Å². The molecule has 6 rings (SSSR count). The molecule has 1 saturated heterocycles. The third kappa shape index (κ3) is 5.07. The SMILES string of the molecule is CSN1CCC(c2ccc(-c3cc(COc4cc5c(cn4)C4C(C5)C4C(=O)O)c(F)cc3C(F)(F)F)cc2)CC1. The maximum Gasteiger partial charge on any atom is 0.417 e. The molecule has 5 nitrogen and oxygen atoms in total. The molecule has 40 heavy (non-hydrogen) atoms. The smallest absolute Gasteiger partial charge is 0.417 e. The second-order valence-electron chi connectivity index (χ2n) is 10.8. The first-order chi connectivity index (χ1) is 19.1. The highest BCUT2D eigenvalue weighted by Gasteiger charge is 2.60. The van der Waals surface area contributed by atoms with E-state index in [1.54, 1.807) is 36.3 Å². The van der Waals surface area contributed by atoms with Gasteiger partial charge in [-0.05, 0) is 77.3 Å². The van der Waals surface area contributed by atoms with Gasteiger partial charge in [0.1, 0.15) is 12.4 Å². The van der Waals surface area contributed by atoms with Gasteiger partial charge < -0.3 is 9.84 Å². The standard InChI is InChI=1S/C30H28F4N2O3S/c1-40-36-8-6-17(7-9-36)16-2-4-18(5-3-16)21-11-20(25(31)13-24(21)30(32,33)34)15-39-26-12-19-10-22-27(23(19)14-35-26)28(22)29(37)38/h2-5,11-14,17,22,27-28H,6-10,15H2,1H3,(H,37,38). The van der Waals surface area contributed by atoms with Gasteiger partial charge in [0.15, 0.2) is 0 Å². The minimum Gasteiger partial charge on any atom is -0.481 e. The molecule has 2 fully saturated rings. The number of fused-ring (bicyclic) bond motifs is 3. The molecule has 0 bridgehead atoms. The Bertz CT molecular complexity index is 1440. The number of hydrogen-bond donors (Lipinski definition) is 1. The molecule has 1 aromatic heterocycles. The molecule has 1 aliphatic heterocycles. The summed E-state index contributed by atoms with van der Waals surface area (Å²) in [6.07, 6.45) is 1.52. The van der Waals surface area contributed by atoms with Crippen molar-refractivity contribution in [3.8, 4) is 17.0 Å². The van der Waals surface area contributed by atoms with Gasteiger partial charge in [0.25, 0.3) is 0 Å². The lowest BCUT2D eigenvalue weighted by molar-refractivity contribution is -0.139. The average Bonchev–Trinajstić information content (AvgIpc) is 3.54. The van der Waals surface area contributed by atoms with Gasteiger partial charge in [-0.1, -0.05) is 36.2 Å². The average molecular weight is 573 g/mol. The van der Waals surface area contributed by atoms with Crippen molar-refractivity contribution < 1.29 is 32.2 Å². The van der Waals surface area contributed by atoms with Gasteiger partial charge in [0.2, 0.25) is 5.88 Å². The highest BCUT2D eigenvalue weighted by atomic mass is 32.2. The van der Waals surface area contributed by atoms with E-state index in [1.165, 1.54) is 6.07 Å². The Morgan fingerprint density at radius 2 is 1.88 bits per heavy atom. The van der Waals surface area contributed by atoms with E-state index in [0.717, 1.165) is 42.6 Å². The highest BCUT2D eigenvalue weighted by Crippen LogP contribution is 2.61. The molecule has 3 unspecified atom stereocenters. The van der Waals surface area contributed by atoms with E-state index in [1.807, 2.05) is 12.1 Å². The zero-order chi connectivity index (χ0) is 28.2. The Morgan fingerprint density at radius 1 is 1.15 bits per heavy atom. The predicted molar refractivity (Wildman–Crippen MR) is 144 cm³/mol. The van der Waals surface area contributed by atoms with Crippen molar-refractivity contribution in [2.24, 2.45) is 11.8 Å². The number of rotatable bonds is 7. The van der Waals surface area contributed by atoms with E-state index in [9.17, 15) is 27.5 Å². The summed E-state index contributed by atoms with van der Waals surface area (Å²) in [6, 6.07) is 10.6. The molecular formula is C30H28F4N2O3S. The van der Waals surface area contributed by atoms with Crippen LogP contribution in [0.3, 0.4) is 0 Å². The van der Waals surface area contributed by atoms with Gasteiger partial charge in [-0.3, -0.25) is 9.10 Å². The van der Waals surface area contributed by atoms with Crippen LogP contribution in [-0.4, -0.2) is 39.7 Å². The first-order valence-electron chi connectivity index (χ1n) is 13.3. The Hall–Kier alpha value is -3.11. The largest absolute Gasteiger partial charge is 0.481 e. The first-order valence-corrected chi connectivity index (χ1v) is 14.5. The lowest BCUT2D eigenvalue weighted by Crippen LogP contribution is -2.27. The van der Waals surface area contributed by atoms with Gasteiger partial charge >= 0.3 is 12.1 Å². The normalized spacial score (nSPS) is 22.6. The van der Waals surface area contributed by atoms with Crippen LogP contribution in [0.1, 0.15) is 52.5 Å². The van der Waals surface area contributed by atoms with Gasteiger partial charge in [-0.15, -0.1) is 0 Å². The van der Waals surface area contributed by atoms with E-state index >= 15 is 0 Å². The van der Waals surface area contributed by atoms with Gasteiger partial charge in [0, 0.05) is 36.8 Å². The van der Waals surface area contributed by atoms with E-state index in [0.29, 0.717) is 24.0 Å². The van der Waals surface area contributed by atoms with Crippen LogP contribution in [0, 0.1) is 17.7 Å². The van der Waals surface area contributed by atoms with Crippen molar-refractivity contribution in [1.82, 2.24) is 9.29 Å². The van der Waals surface area contributed by atoms with Crippen LogP contribution in [0.25, 0.3) is 11.1 Å². The number of piperidine rings is 1. The monoisotopic (exact) mass is 572 g/mol. The maximum absolute atomic E-state index is 14.9. The van der Waals surface area contributed by atoms with Crippen molar-refractivity contribution in [1.29, 1.82) is 0 Å². The molecule has 3 aliphatic rings. The van der Waals surface area contributed by atoms with Crippen LogP contribution in [0.15, 0.2) is 48.7 Å². The second kappa shape index (κ2) is 10.4. The predicted octanol–water partition coefficient (Wildman–Crippen LogP) is 6.91. The van der Waals surface area contributed by atoms with Crippen LogP contribution < -0.4 is 4.74 Å². The quantitative estimate of drug-likeness (QED) is 0.245. The summed E-state index contributed by atoms with van der Waals surface area (Å²) < 4.78 is 64.7. The van der Waals surface area contributed by atoms with Crippen molar-refractivity contribution in [2.45, 2.75) is 43.9 Å². The number of alkyl halides is 3. The van der Waals surface area contributed by atoms with Gasteiger partial charge in [-0.25, -0.2) is 9.37 Å². The Morgan fingerprint density at radius 3 is 2.52 bits per heavy atom. The minimum absolute atomic E-state index is 0.00685. The molecule has 2 aliphatic carbocycles. The molecule has 3 aromatic rings. The molecule has 0 amide bonds. The first kappa shape index (κ1) is 27.1. The minimum atomic E-state index is -4.73. The molecule has 210 valence electrons. The number of nitrogens with zero attached hydrogens (tertiary/aromatic N) is 2. The zero-order valence-corrected chi connectivity index (χ0v) is 22.6. The fraction of sp³-hybridized carbons (Fsp3) is 0.400. The maximum atomic E-state index is 14.9. The van der Waals surface area contributed by atoms with E-state index in [4.69, 9.17) is 4.74 Å². The number of carbonyl (C=O) groups is 1. The third-order valence-electron chi connectivity index (χ3n) is 8.54. The van der Waals surface area contributed by atoms with Crippen molar-refractivity contribution >= 4 is 17.9 Å². The summed E-state index contributed by atoms with van der Waals surface area (Å²) in [4.78, 5) is 15.6. The molecule has 2 aromatic carbocycles. The zero-order valence-electron chi connectivity index (χ0n) is 21.7. The van der Waals surface area contributed by atoms with Crippen LogP contribution in [0.4, 0.5) is 17.6 Å². The number of halogens is 4. The third-order valence-corrected chi connectivity index (χ3v) is 9.42. The van der Waals surface area contributed by atoms with Crippen molar-refractivity contribution in [2.75, 3.05) is 19.3 Å². The number of aromatic nitrogens is 1. The number of pyridine rings is 1. The summed E-state index contributed by atoms with van der Waals surface area (Å²) in [7, 11) is 0. The summed E-state index contributed by atoms with van der Waals surface area (Å²) >= 11 is 1.72. The summed E-state index contributed by atoms with van der Waals surface area (Å²) in [5, 5.41) is 9.29.